The number of rotatable bonds is 4. The molecule has 0 saturated carbocycles. The molecule has 1 aromatic carbocycles. The van der Waals surface area contributed by atoms with Crippen molar-refractivity contribution in [3.63, 3.8) is 0 Å². The molecule has 0 saturated heterocycles. The summed E-state index contributed by atoms with van der Waals surface area (Å²) in [6.45, 7) is 2.47. The van der Waals surface area contributed by atoms with Crippen LogP contribution < -0.4 is 4.74 Å². The van der Waals surface area contributed by atoms with E-state index in [1.165, 1.54) is 6.07 Å². The van der Waals surface area contributed by atoms with Crippen LogP contribution in [0.3, 0.4) is 0 Å². The first-order valence-corrected chi connectivity index (χ1v) is 6.82. The summed E-state index contributed by atoms with van der Waals surface area (Å²) in [6, 6.07) is 5.06. The van der Waals surface area contributed by atoms with E-state index in [1.807, 2.05) is 0 Å². The van der Waals surface area contributed by atoms with E-state index in [9.17, 15) is 9.90 Å². The maximum Gasteiger partial charge on any atom is 0.339 e. The van der Waals surface area contributed by atoms with Gasteiger partial charge < -0.3 is 14.9 Å². The zero-order valence-electron chi connectivity index (χ0n) is 11.4. The highest BCUT2D eigenvalue weighted by atomic mass is 35.5. The molecular formula is C14H13Cl2NO4. The van der Waals surface area contributed by atoms with Crippen molar-refractivity contribution >= 4 is 40.1 Å². The van der Waals surface area contributed by atoms with Gasteiger partial charge in [-0.15, -0.1) is 0 Å². The highest BCUT2D eigenvalue weighted by Crippen LogP contribution is 2.37. The topological polar surface area (TPSA) is 79.7 Å². The average Bonchev–Trinajstić information content (AvgIpc) is 2.37. The van der Waals surface area contributed by atoms with Crippen LogP contribution in [0.15, 0.2) is 18.2 Å². The van der Waals surface area contributed by atoms with E-state index in [0.29, 0.717) is 15.9 Å². The molecular weight excluding hydrogens is 317 g/mol. The van der Waals surface area contributed by atoms with Gasteiger partial charge in [0.05, 0.1) is 10.0 Å². The summed E-state index contributed by atoms with van der Waals surface area (Å²) in [4.78, 5) is 15.2. The minimum atomic E-state index is -2.03. The second-order valence-electron chi connectivity index (χ2n) is 4.89. The molecule has 0 radical (unpaired) electrons. The number of aromatic nitrogens is 1. The highest BCUT2D eigenvalue weighted by molar-refractivity contribution is 6.39. The Morgan fingerprint density at radius 1 is 1.38 bits per heavy atom. The molecule has 1 aromatic heterocycles. The minimum Gasteiger partial charge on any atom is -0.486 e. The molecule has 112 valence electrons. The van der Waals surface area contributed by atoms with Gasteiger partial charge in [-0.25, -0.2) is 9.78 Å². The van der Waals surface area contributed by atoms with E-state index in [-0.39, 0.29) is 10.8 Å². The summed E-state index contributed by atoms with van der Waals surface area (Å²) in [5, 5.41) is 19.9. The number of aliphatic carboxylic acids is 1. The zero-order valence-corrected chi connectivity index (χ0v) is 12.9. The number of pyridine rings is 1. The van der Waals surface area contributed by atoms with Crippen LogP contribution in [0.5, 0.6) is 5.75 Å². The number of carboxylic acids is 1. The van der Waals surface area contributed by atoms with Gasteiger partial charge in [-0.3, -0.25) is 0 Å². The number of fused-ring (bicyclic) bond motifs is 1. The van der Waals surface area contributed by atoms with Crippen LogP contribution in [-0.2, 0) is 4.79 Å². The molecule has 0 aliphatic carbocycles. The first-order valence-electron chi connectivity index (χ1n) is 6.06. The summed E-state index contributed by atoms with van der Waals surface area (Å²) in [7, 11) is 0. The summed E-state index contributed by atoms with van der Waals surface area (Å²) >= 11 is 12.2. The SMILES string of the molecule is Cc1ccc2c(Cl)cc(Cl)c(OCC(C)(O)C(=O)O)c2n1. The summed E-state index contributed by atoms with van der Waals surface area (Å²) in [5.41, 5.74) is -0.872. The molecule has 1 atom stereocenters. The molecule has 5 nitrogen and oxygen atoms in total. The maximum atomic E-state index is 10.9. The number of hydrogen-bond donors (Lipinski definition) is 2. The van der Waals surface area contributed by atoms with Crippen molar-refractivity contribution in [1.82, 2.24) is 4.98 Å². The second kappa shape index (κ2) is 5.67. The monoisotopic (exact) mass is 329 g/mol. The third-order valence-electron chi connectivity index (χ3n) is 2.94. The van der Waals surface area contributed by atoms with E-state index in [0.717, 1.165) is 12.6 Å². The number of carboxylic acid groups (broad SMARTS) is 1. The number of aryl methyl sites for hydroxylation is 1. The van der Waals surface area contributed by atoms with Crippen molar-refractivity contribution in [2.45, 2.75) is 19.4 Å². The van der Waals surface area contributed by atoms with Crippen LogP contribution in [-0.4, -0.2) is 33.4 Å². The fourth-order valence-corrected chi connectivity index (χ4v) is 2.27. The van der Waals surface area contributed by atoms with E-state index >= 15 is 0 Å². The fourth-order valence-electron chi connectivity index (χ4n) is 1.70. The number of hydrogen-bond acceptors (Lipinski definition) is 4. The van der Waals surface area contributed by atoms with Crippen LogP contribution in [0.25, 0.3) is 10.9 Å². The molecule has 2 N–H and O–H groups in total. The number of benzene rings is 1. The standard InChI is InChI=1S/C14H13Cl2NO4/c1-7-3-4-8-9(15)5-10(16)12(11(8)17-7)21-6-14(2,20)13(18)19/h3-5,20H,6H2,1-2H3,(H,18,19). The Balaban J connectivity index is 2.48. The van der Waals surface area contributed by atoms with E-state index < -0.39 is 18.2 Å². The summed E-state index contributed by atoms with van der Waals surface area (Å²) in [6.07, 6.45) is 0. The van der Waals surface area contributed by atoms with E-state index in [1.54, 1.807) is 19.1 Å². The first kappa shape index (κ1) is 15.8. The van der Waals surface area contributed by atoms with Crippen molar-refractivity contribution in [2.24, 2.45) is 0 Å². The lowest BCUT2D eigenvalue weighted by atomic mass is 10.1. The lowest BCUT2D eigenvalue weighted by molar-refractivity contribution is -0.159. The molecule has 2 rings (SSSR count). The van der Waals surface area contributed by atoms with Gasteiger partial charge in [-0.05, 0) is 32.0 Å². The van der Waals surface area contributed by atoms with Gasteiger partial charge in [0.25, 0.3) is 0 Å². The van der Waals surface area contributed by atoms with Gasteiger partial charge in [0.1, 0.15) is 12.1 Å². The Morgan fingerprint density at radius 2 is 2.05 bits per heavy atom. The molecule has 0 spiro atoms. The molecule has 21 heavy (non-hydrogen) atoms. The zero-order chi connectivity index (χ0) is 15.8. The minimum absolute atomic E-state index is 0.196. The average molecular weight is 330 g/mol. The van der Waals surface area contributed by atoms with Crippen LogP contribution in [0.4, 0.5) is 0 Å². The number of nitrogens with zero attached hydrogens (tertiary/aromatic N) is 1. The second-order valence-corrected chi connectivity index (χ2v) is 5.70. The summed E-state index contributed by atoms with van der Waals surface area (Å²) in [5.74, 6) is -1.19. The number of carbonyl (C=O) groups is 1. The Bertz CT molecular complexity index is 716. The molecule has 2 aromatic rings. The van der Waals surface area contributed by atoms with E-state index in [4.69, 9.17) is 33.0 Å². The van der Waals surface area contributed by atoms with Crippen molar-refractivity contribution < 1.29 is 19.7 Å². The third-order valence-corrected chi connectivity index (χ3v) is 3.53. The van der Waals surface area contributed by atoms with Crippen molar-refractivity contribution in [3.05, 3.63) is 33.9 Å². The van der Waals surface area contributed by atoms with E-state index in [2.05, 4.69) is 4.98 Å². The van der Waals surface area contributed by atoms with Crippen molar-refractivity contribution in [2.75, 3.05) is 6.61 Å². The predicted octanol–water partition coefficient (Wildman–Crippen LogP) is 3.06. The van der Waals surface area contributed by atoms with Gasteiger partial charge in [-0.1, -0.05) is 23.2 Å². The molecule has 0 aliphatic rings. The largest absolute Gasteiger partial charge is 0.486 e. The molecule has 7 heteroatoms. The lowest BCUT2D eigenvalue weighted by Gasteiger charge is -2.19. The van der Waals surface area contributed by atoms with Crippen molar-refractivity contribution in [3.8, 4) is 5.75 Å². The highest BCUT2D eigenvalue weighted by Gasteiger charge is 2.31. The van der Waals surface area contributed by atoms with Gasteiger partial charge in [0, 0.05) is 11.1 Å². The molecule has 0 bridgehead atoms. The number of halogens is 2. The Labute approximate surface area is 131 Å². The smallest absolute Gasteiger partial charge is 0.339 e. The molecule has 1 unspecified atom stereocenters. The van der Waals surface area contributed by atoms with Crippen LogP contribution in [0, 0.1) is 6.92 Å². The molecule has 0 fully saturated rings. The lowest BCUT2D eigenvalue weighted by Crippen LogP contribution is -2.41. The maximum absolute atomic E-state index is 10.9. The van der Waals surface area contributed by atoms with Gasteiger partial charge in [0.15, 0.2) is 11.4 Å². The molecule has 1 heterocycles. The van der Waals surface area contributed by atoms with Gasteiger partial charge >= 0.3 is 5.97 Å². The normalized spacial score (nSPS) is 14.0. The van der Waals surface area contributed by atoms with Gasteiger partial charge in [-0.2, -0.15) is 0 Å². The predicted molar refractivity (Wildman–Crippen MR) is 80.3 cm³/mol. The Hall–Kier alpha value is -1.56. The van der Waals surface area contributed by atoms with Crippen LogP contribution >= 0.6 is 23.2 Å². The first-order chi connectivity index (χ1) is 9.72. The molecule has 0 aliphatic heterocycles. The Morgan fingerprint density at radius 3 is 2.67 bits per heavy atom. The van der Waals surface area contributed by atoms with Crippen molar-refractivity contribution in [1.29, 1.82) is 0 Å². The molecule has 0 amide bonds. The number of aliphatic hydroxyl groups is 1. The fraction of sp³-hybridized carbons (Fsp3) is 0.286. The van der Waals surface area contributed by atoms with Gasteiger partial charge in [0.2, 0.25) is 0 Å². The summed E-state index contributed by atoms with van der Waals surface area (Å²) < 4.78 is 5.40. The number of ether oxygens (including phenoxy) is 1. The van der Waals surface area contributed by atoms with Crippen LogP contribution in [0.2, 0.25) is 10.0 Å². The van der Waals surface area contributed by atoms with Crippen LogP contribution in [0.1, 0.15) is 12.6 Å². The Kier molecular flexibility index (Phi) is 4.27. The third kappa shape index (κ3) is 3.20. The quantitative estimate of drug-likeness (QED) is 0.901.